The Balaban J connectivity index is 2.15. The minimum atomic E-state index is -0.491. The molecule has 2 aliphatic rings. The van der Waals surface area contributed by atoms with Crippen LogP contribution in [0.4, 0.5) is 0 Å². The molecular formula is C10H17NO3. The van der Waals surface area contributed by atoms with Crippen LogP contribution in [0.25, 0.3) is 0 Å². The van der Waals surface area contributed by atoms with Crippen molar-refractivity contribution in [2.45, 2.75) is 37.8 Å². The van der Waals surface area contributed by atoms with E-state index in [1.807, 2.05) is 6.92 Å². The second-order valence-corrected chi connectivity index (χ2v) is 4.16. The van der Waals surface area contributed by atoms with Crippen molar-refractivity contribution >= 4 is 5.97 Å². The third-order valence-corrected chi connectivity index (χ3v) is 3.28. The maximum atomic E-state index is 11.8. The summed E-state index contributed by atoms with van der Waals surface area (Å²) in [6.07, 6.45) is 2.06. The quantitative estimate of drug-likeness (QED) is 0.643. The first kappa shape index (κ1) is 9.93. The number of rotatable bonds is 2. The van der Waals surface area contributed by atoms with Crippen molar-refractivity contribution in [2.24, 2.45) is 0 Å². The summed E-state index contributed by atoms with van der Waals surface area (Å²) in [7, 11) is 0. The lowest BCUT2D eigenvalue weighted by molar-refractivity contribution is -0.154. The molecule has 2 heterocycles. The summed E-state index contributed by atoms with van der Waals surface area (Å²) in [4.78, 5) is 13.9. The highest BCUT2D eigenvalue weighted by atomic mass is 16.5. The minimum absolute atomic E-state index is 0.144. The van der Waals surface area contributed by atoms with Gasteiger partial charge in [-0.05, 0) is 26.3 Å². The van der Waals surface area contributed by atoms with Gasteiger partial charge in [0.15, 0.2) is 0 Å². The highest BCUT2D eigenvalue weighted by Gasteiger charge is 2.54. The summed E-state index contributed by atoms with van der Waals surface area (Å²) >= 11 is 0. The maximum Gasteiger partial charge on any atom is 0.326 e. The molecule has 2 atom stereocenters. The van der Waals surface area contributed by atoms with E-state index >= 15 is 0 Å². The predicted molar refractivity (Wildman–Crippen MR) is 50.8 cm³/mol. The molecule has 0 aromatic heterocycles. The molecule has 0 amide bonds. The van der Waals surface area contributed by atoms with E-state index < -0.39 is 5.54 Å². The molecule has 2 aliphatic heterocycles. The molecule has 0 spiro atoms. The Morgan fingerprint density at radius 2 is 2.50 bits per heavy atom. The number of aliphatic hydroxyl groups is 1. The number of fused-ring (bicyclic) bond motifs is 1. The first-order valence-electron chi connectivity index (χ1n) is 5.29. The second-order valence-electron chi connectivity index (χ2n) is 4.16. The first-order chi connectivity index (χ1) is 6.69. The van der Waals surface area contributed by atoms with E-state index in [9.17, 15) is 9.90 Å². The van der Waals surface area contributed by atoms with Crippen LogP contribution in [-0.2, 0) is 9.53 Å². The summed E-state index contributed by atoms with van der Waals surface area (Å²) < 4.78 is 5.09. The fraction of sp³-hybridized carbons (Fsp3) is 0.900. The zero-order valence-electron chi connectivity index (χ0n) is 8.53. The van der Waals surface area contributed by atoms with Crippen molar-refractivity contribution in [2.75, 3.05) is 19.7 Å². The molecule has 1 N–H and O–H groups in total. The fourth-order valence-electron chi connectivity index (χ4n) is 2.72. The van der Waals surface area contributed by atoms with E-state index in [1.165, 1.54) is 0 Å². The normalized spacial score (nSPS) is 37.1. The molecule has 2 unspecified atom stereocenters. The van der Waals surface area contributed by atoms with E-state index in [-0.39, 0.29) is 12.1 Å². The highest BCUT2D eigenvalue weighted by molar-refractivity contribution is 5.82. The van der Waals surface area contributed by atoms with E-state index in [0.29, 0.717) is 19.6 Å². The van der Waals surface area contributed by atoms with E-state index in [0.717, 1.165) is 19.4 Å². The molecule has 4 nitrogen and oxygen atoms in total. The van der Waals surface area contributed by atoms with Gasteiger partial charge >= 0.3 is 5.97 Å². The van der Waals surface area contributed by atoms with Gasteiger partial charge in [-0.3, -0.25) is 9.69 Å². The molecule has 0 aromatic carbocycles. The van der Waals surface area contributed by atoms with E-state index in [4.69, 9.17) is 4.74 Å². The van der Waals surface area contributed by atoms with Gasteiger partial charge < -0.3 is 9.84 Å². The zero-order chi connectivity index (χ0) is 10.2. The number of ether oxygens (including phenoxy) is 1. The van der Waals surface area contributed by atoms with Gasteiger partial charge in [-0.15, -0.1) is 0 Å². The van der Waals surface area contributed by atoms with E-state index in [1.54, 1.807) is 0 Å². The number of hydrogen-bond acceptors (Lipinski definition) is 4. The first-order valence-corrected chi connectivity index (χ1v) is 5.29. The SMILES string of the molecule is CCOC(=O)C12CCCN1CC(O)C2. The van der Waals surface area contributed by atoms with Gasteiger partial charge in [0, 0.05) is 13.0 Å². The van der Waals surface area contributed by atoms with Crippen LogP contribution in [0.2, 0.25) is 0 Å². The molecule has 0 bridgehead atoms. The van der Waals surface area contributed by atoms with Crippen LogP contribution in [-0.4, -0.2) is 47.3 Å². The third kappa shape index (κ3) is 1.33. The Kier molecular flexibility index (Phi) is 2.49. The average Bonchev–Trinajstić information content (AvgIpc) is 2.61. The molecular weight excluding hydrogens is 182 g/mol. The molecule has 80 valence electrons. The van der Waals surface area contributed by atoms with Crippen molar-refractivity contribution in [3.05, 3.63) is 0 Å². The Hall–Kier alpha value is -0.610. The Morgan fingerprint density at radius 1 is 1.71 bits per heavy atom. The lowest BCUT2D eigenvalue weighted by atomic mass is 9.93. The van der Waals surface area contributed by atoms with Crippen LogP contribution in [0.15, 0.2) is 0 Å². The molecule has 0 aromatic rings. The Labute approximate surface area is 83.8 Å². The number of β-amino-alcohol motifs (C(OH)–C–C–N with tert-alkyl or cyclic N) is 1. The average molecular weight is 199 g/mol. The molecule has 2 saturated heterocycles. The zero-order valence-corrected chi connectivity index (χ0v) is 8.53. The molecule has 0 radical (unpaired) electrons. The fourth-order valence-corrected chi connectivity index (χ4v) is 2.72. The topological polar surface area (TPSA) is 49.8 Å². The number of esters is 1. The van der Waals surface area contributed by atoms with Gasteiger partial charge in [-0.25, -0.2) is 0 Å². The molecule has 2 rings (SSSR count). The largest absolute Gasteiger partial charge is 0.465 e. The molecule has 4 heteroatoms. The second kappa shape index (κ2) is 3.51. The smallest absolute Gasteiger partial charge is 0.326 e. The van der Waals surface area contributed by atoms with Crippen molar-refractivity contribution in [3.8, 4) is 0 Å². The van der Waals surface area contributed by atoms with Crippen LogP contribution in [0.3, 0.4) is 0 Å². The van der Waals surface area contributed by atoms with Crippen molar-refractivity contribution in [1.29, 1.82) is 0 Å². The maximum absolute atomic E-state index is 11.8. The minimum Gasteiger partial charge on any atom is -0.465 e. The summed E-state index contributed by atoms with van der Waals surface area (Å²) in [6, 6.07) is 0. The van der Waals surface area contributed by atoms with Crippen molar-refractivity contribution in [1.82, 2.24) is 4.90 Å². The molecule has 2 fully saturated rings. The predicted octanol–water partition coefficient (Wildman–Crippen LogP) is 0.149. The summed E-state index contributed by atoms with van der Waals surface area (Å²) in [5.41, 5.74) is -0.491. The van der Waals surface area contributed by atoms with E-state index in [2.05, 4.69) is 4.90 Å². The van der Waals surface area contributed by atoms with Gasteiger partial charge in [-0.1, -0.05) is 0 Å². The van der Waals surface area contributed by atoms with Gasteiger partial charge in [0.05, 0.1) is 12.7 Å². The highest BCUT2D eigenvalue weighted by Crippen LogP contribution is 2.39. The monoisotopic (exact) mass is 199 g/mol. The van der Waals surface area contributed by atoms with Gasteiger partial charge in [0.25, 0.3) is 0 Å². The third-order valence-electron chi connectivity index (χ3n) is 3.28. The molecule has 14 heavy (non-hydrogen) atoms. The van der Waals surface area contributed by atoms with Crippen molar-refractivity contribution in [3.63, 3.8) is 0 Å². The van der Waals surface area contributed by atoms with Gasteiger partial charge in [0.2, 0.25) is 0 Å². The Morgan fingerprint density at radius 3 is 3.21 bits per heavy atom. The van der Waals surface area contributed by atoms with Gasteiger partial charge in [-0.2, -0.15) is 0 Å². The summed E-state index contributed by atoms with van der Waals surface area (Å²) in [5, 5.41) is 9.57. The lowest BCUT2D eigenvalue weighted by Crippen LogP contribution is -2.46. The lowest BCUT2D eigenvalue weighted by Gasteiger charge is -2.28. The van der Waals surface area contributed by atoms with Crippen LogP contribution < -0.4 is 0 Å². The summed E-state index contributed by atoms with van der Waals surface area (Å²) in [6.45, 7) is 3.78. The standard InChI is InChI=1S/C10H17NO3/c1-2-14-9(13)10-4-3-5-11(10)7-8(12)6-10/h8,12H,2-7H2,1H3. The number of hydrogen-bond donors (Lipinski definition) is 1. The van der Waals surface area contributed by atoms with Crippen LogP contribution in [0.5, 0.6) is 0 Å². The van der Waals surface area contributed by atoms with Crippen molar-refractivity contribution < 1.29 is 14.6 Å². The number of carbonyl (C=O) groups is 1. The number of aliphatic hydroxyl groups excluding tert-OH is 1. The van der Waals surface area contributed by atoms with Crippen LogP contribution in [0, 0.1) is 0 Å². The molecule has 0 aliphatic carbocycles. The number of carbonyl (C=O) groups excluding carboxylic acids is 1. The number of nitrogens with zero attached hydrogens (tertiary/aromatic N) is 1. The Bertz CT molecular complexity index is 244. The van der Waals surface area contributed by atoms with Gasteiger partial charge in [0.1, 0.15) is 5.54 Å². The molecule has 0 saturated carbocycles. The van der Waals surface area contributed by atoms with Crippen LogP contribution in [0.1, 0.15) is 26.2 Å². The summed E-state index contributed by atoms with van der Waals surface area (Å²) in [5.74, 6) is -0.144. The van der Waals surface area contributed by atoms with Crippen LogP contribution >= 0.6 is 0 Å².